The van der Waals surface area contributed by atoms with Gasteiger partial charge in [0.2, 0.25) is 0 Å². The van der Waals surface area contributed by atoms with E-state index in [1.807, 2.05) is 6.92 Å². The van der Waals surface area contributed by atoms with Gasteiger partial charge in [-0.05, 0) is 19.8 Å². The molecule has 12 heavy (non-hydrogen) atoms. The summed E-state index contributed by atoms with van der Waals surface area (Å²) in [5.41, 5.74) is -0.215. The molecule has 0 unspecified atom stereocenters. The first-order chi connectivity index (χ1) is 5.64. The fraction of sp³-hybridized carbons (Fsp3) is 1.00. The maximum absolute atomic E-state index is 9.59. The second-order valence-corrected chi connectivity index (χ2v) is 4.10. The van der Waals surface area contributed by atoms with Crippen LogP contribution in [0.4, 0.5) is 0 Å². The molecule has 0 spiro atoms. The fourth-order valence-corrected chi connectivity index (χ4v) is 2.47. The summed E-state index contributed by atoms with van der Waals surface area (Å²) in [6, 6.07) is 0.122. The Morgan fingerprint density at radius 2 is 2.08 bits per heavy atom. The normalized spacial score (nSPS) is 44.8. The summed E-state index contributed by atoms with van der Waals surface area (Å²) >= 11 is 0. The Hall–Kier alpha value is -0.160. The number of rotatable bonds is 0. The second kappa shape index (κ2) is 2.67. The van der Waals surface area contributed by atoms with Crippen molar-refractivity contribution in [1.29, 1.82) is 0 Å². The largest absolute Gasteiger partial charge is 0.312 e. The van der Waals surface area contributed by atoms with Crippen LogP contribution in [0.5, 0.6) is 0 Å². The van der Waals surface area contributed by atoms with Crippen LogP contribution in [0, 0.1) is 0 Å². The van der Waals surface area contributed by atoms with E-state index in [0.29, 0.717) is 0 Å². The van der Waals surface area contributed by atoms with Crippen molar-refractivity contribution in [3.05, 3.63) is 0 Å². The van der Waals surface area contributed by atoms with Crippen molar-refractivity contribution in [2.24, 2.45) is 0 Å². The SMILES string of the molecule is C[C@]12CCCC[C@@H]1N(O)CN2O. The molecule has 2 atom stereocenters. The van der Waals surface area contributed by atoms with Crippen molar-refractivity contribution in [2.45, 2.75) is 44.2 Å². The van der Waals surface area contributed by atoms with Crippen LogP contribution in [-0.2, 0) is 0 Å². The lowest BCUT2D eigenvalue weighted by molar-refractivity contribution is -0.169. The first-order valence-corrected chi connectivity index (χ1v) is 4.56. The van der Waals surface area contributed by atoms with Crippen molar-refractivity contribution in [3.8, 4) is 0 Å². The number of hydroxylamine groups is 4. The Balaban J connectivity index is 2.21. The Morgan fingerprint density at radius 3 is 2.75 bits per heavy atom. The molecule has 2 rings (SSSR count). The molecule has 70 valence electrons. The van der Waals surface area contributed by atoms with E-state index >= 15 is 0 Å². The number of hydrogen-bond donors (Lipinski definition) is 2. The predicted octanol–water partition coefficient (Wildman–Crippen LogP) is 1.04. The summed E-state index contributed by atoms with van der Waals surface area (Å²) in [7, 11) is 0. The van der Waals surface area contributed by atoms with Gasteiger partial charge in [0.25, 0.3) is 0 Å². The Kier molecular flexibility index (Phi) is 1.88. The van der Waals surface area contributed by atoms with Gasteiger partial charge in [0.15, 0.2) is 0 Å². The van der Waals surface area contributed by atoms with Crippen LogP contribution in [0.1, 0.15) is 32.6 Å². The number of fused-ring (bicyclic) bond motifs is 1. The van der Waals surface area contributed by atoms with E-state index in [-0.39, 0.29) is 18.2 Å². The third-order valence-electron chi connectivity index (χ3n) is 3.36. The van der Waals surface area contributed by atoms with Crippen LogP contribution in [0.3, 0.4) is 0 Å². The molecule has 0 aromatic carbocycles. The molecule has 1 saturated carbocycles. The van der Waals surface area contributed by atoms with Gasteiger partial charge in [0.05, 0.1) is 11.6 Å². The highest BCUT2D eigenvalue weighted by molar-refractivity contribution is 5.00. The Labute approximate surface area is 72.3 Å². The van der Waals surface area contributed by atoms with Gasteiger partial charge < -0.3 is 10.4 Å². The summed E-state index contributed by atoms with van der Waals surface area (Å²) in [6.45, 7) is 2.29. The van der Waals surface area contributed by atoms with Crippen LogP contribution in [0.2, 0.25) is 0 Å². The first-order valence-electron chi connectivity index (χ1n) is 4.56. The van der Waals surface area contributed by atoms with Gasteiger partial charge >= 0.3 is 0 Å². The minimum atomic E-state index is -0.215. The molecule has 2 N–H and O–H groups in total. The third kappa shape index (κ3) is 0.992. The topological polar surface area (TPSA) is 46.9 Å². The summed E-state index contributed by atoms with van der Waals surface area (Å²) in [5, 5.41) is 21.6. The standard InChI is InChI=1S/C8H16N2O2/c1-8-5-3-2-4-7(8)9(11)6-10(8)12/h7,11-12H,2-6H2,1H3/t7-,8-/m0/s1. The Bertz CT molecular complexity index is 188. The maximum Gasteiger partial charge on any atom is 0.101 e. The molecule has 0 radical (unpaired) electrons. The smallest absolute Gasteiger partial charge is 0.101 e. The molecule has 1 aliphatic heterocycles. The van der Waals surface area contributed by atoms with Crippen LogP contribution in [0.15, 0.2) is 0 Å². The van der Waals surface area contributed by atoms with Gasteiger partial charge in [-0.3, -0.25) is 0 Å². The van der Waals surface area contributed by atoms with Crippen molar-refractivity contribution in [1.82, 2.24) is 10.1 Å². The molecule has 1 aliphatic carbocycles. The zero-order valence-electron chi connectivity index (χ0n) is 7.40. The van der Waals surface area contributed by atoms with Crippen molar-refractivity contribution in [3.63, 3.8) is 0 Å². The highest BCUT2D eigenvalue weighted by Gasteiger charge is 2.50. The highest BCUT2D eigenvalue weighted by atomic mass is 16.6. The van der Waals surface area contributed by atoms with Gasteiger partial charge in [0, 0.05) is 0 Å². The van der Waals surface area contributed by atoms with E-state index in [1.54, 1.807) is 0 Å². The summed E-state index contributed by atoms with van der Waals surface area (Å²) in [6.07, 6.45) is 4.28. The van der Waals surface area contributed by atoms with Crippen molar-refractivity contribution in [2.75, 3.05) is 6.67 Å². The third-order valence-corrected chi connectivity index (χ3v) is 3.36. The van der Waals surface area contributed by atoms with Gasteiger partial charge in [-0.25, -0.2) is 0 Å². The Morgan fingerprint density at radius 1 is 1.33 bits per heavy atom. The van der Waals surface area contributed by atoms with Gasteiger partial charge in [-0.2, -0.15) is 10.1 Å². The van der Waals surface area contributed by atoms with Crippen molar-refractivity contribution < 1.29 is 10.4 Å². The summed E-state index contributed by atoms with van der Waals surface area (Å²) in [5.74, 6) is 0. The summed E-state index contributed by atoms with van der Waals surface area (Å²) < 4.78 is 0. The first kappa shape index (κ1) is 8.44. The van der Waals surface area contributed by atoms with Crippen LogP contribution < -0.4 is 0 Å². The average molecular weight is 172 g/mol. The second-order valence-electron chi connectivity index (χ2n) is 4.10. The molecule has 0 aromatic heterocycles. The monoisotopic (exact) mass is 172 g/mol. The lowest BCUT2D eigenvalue weighted by atomic mass is 9.80. The van der Waals surface area contributed by atoms with Crippen LogP contribution in [0.25, 0.3) is 0 Å². The van der Waals surface area contributed by atoms with Gasteiger partial charge in [-0.15, -0.1) is 0 Å². The van der Waals surface area contributed by atoms with E-state index in [4.69, 9.17) is 0 Å². The quantitative estimate of drug-likeness (QED) is 0.573. The van der Waals surface area contributed by atoms with E-state index in [0.717, 1.165) is 25.7 Å². The molecule has 0 aromatic rings. The zero-order chi connectivity index (χ0) is 8.77. The summed E-state index contributed by atoms with van der Waals surface area (Å²) in [4.78, 5) is 0. The van der Waals surface area contributed by atoms with E-state index in [9.17, 15) is 10.4 Å². The van der Waals surface area contributed by atoms with E-state index < -0.39 is 0 Å². The predicted molar refractivity (Wildman–Crippen MR) is 42.8 cm³/mol. The molecule has 2 fully saturated rings. The van der Waals surface area contributed by atoms with Crippen molar-refractivity contribution >= 4 is 0 Å². The fourth-order valence-electron chi connectivity index (χ4n) is 2.47. The molecule has 1 saturated heterocycles. The minimum Gasteiger partial charge on any atom is -0.312 e. The molecule has 4 nitrogen and oxygen atoms in total. The minimum absolute atomic E-state index is 0.122. The van der Waals surface area contributed by atoms with Crippen LogP contribution in [-0.4, -0.2) is 38.8 Å². The zero-order valence-corrected chi connectivity index (χ0v) is 7.40. The molecule has 1 heterocycles. The lowest BCUT2D eigenvalue weighted by Gasteiger charge is -2.38. The van der Waals surface area contributed by atoms with Gasteiger partial charge in [0.1, 0.15) is 6.67 Å². The number of nitrogens with zero attached hydrogens (tertiary/aromatic N) is 2. The molecule has 0 bridgehead atoms. The molecular weight excluding hydrogens is 156 g/mol. The highest BCUT2D eigenvalue weighted by Crippen LogP contribution is 2.39. The van der Waals surface area contributed by atoms with Crippen LogP contribution >= 0.6 is 0 Å². The molecule has 4 heteroatoms. The molecular formula is C8H16N2O2. The van der Waals surface area contributed by atoms with E-state index in [1.165, 1.54) is 10.1 Å². The number of hydrogen-bond acceptors (Lipinski definition) is 4. The van der Waals surface area contributed by atoms with E-state index in [2.05, 4.69) is 0 Å². The molecule has 2 aliphatic rings. The molecule has 0 amide bonds. The van der Waals surface area contributed by atoms with Gasteiger partial charge in [-0.1, -0.05) is 12.8 Å². The average Bonchev–Trinajstić information content (AvgIpc) is 2.25. The maximum atomic E-state index is 9.59. The lowest BCUT2D eigenvalue weighted by Crippen LogP contribution is -2.49.